The summed E-state index contributed by atoms with van der Waals surface area (Å²) in [6.07, 6.45) is 0. The van der Waals surface area contributed by atoms with Crippen LogP contribution in [0.25, 0.3) is 0 Å². The molecule has 0 unspecified atom stereocenters. The molecule has 0 aliphatic carbocycles. The van der Waals surface area contributed by atoms with Gasteiger partial charge in [0.05, 0.1) is 6.61 Å². The molecule has 0 spiro atoms. The summed E-state index contributed by atoms with van der Waals surface area (Å²) in [7, 11) is 0. The van der Waals surface area contributed by atoms with Crippen molar-refractivity contribution < 1.29 is 14.3 Å². The molecule has 0 heterocycles. The van der Waals surface area contributed by atoms with E-state index in [1.54, 1.807) is 0 Å². The Morgan fingerprint density at radius 1 is 0.560 bits per heavy atom. The van der Waals surface area contributed by atoms with Gasteiger partial charge in [0.2, 0.25) is 0 Å². The molecule has 3 aromatic rings. The first-order valence-electron chi connectivity index (χ1n) is 8.13. The van der Waals surface area contributed by atoms with Crippen molar-refractivity contribution in [2.45, 2.75) is 19.8 Å². The van der Waals surface area contributed by atoms with E-state index >= 15 is 0 Å². The largest absolute Gasteiger partial charge is 0.485 e. The summed E-state index contributed by atoms with van der Waals surface area (Å²) in [5.74, 6) is 6.55. The lowest BCUT2D eigenvalue weighted by atomic mass is 10.2. The van der Waals surface area contributed by atoms with Gasteiger partial charge in [0.1, 0.15) is 13.2 Å². The van der Waals surface area contributed by atoms with Gasteiger partial charge in [0.15, 0.2) is 11.5 Å². The second-order valence-electron chi connectivity index (χ2n) is 5.64. The monoisotopic (exact) mass is 335 g/mol. The molecule has 128 valence electrons. The summed E-state index contributed by atoms with van der Waals surface area (Å²) in [6.45, 7) is 1.27. The van der Waals surface area contributed by atoms with Crippen molar-refractivity contribution in [3.63, 3.8) is 0 Å². The van der Waals surface area contributed by atoms with Crippen molar-refractivity contribution in [2.75, 3.05) is 0 Å². The van der Waals surface area contributed by atoms with E-state index < -0.39 is 0 Å². The Balaban J connectivity index is 1.73. The van der Waals surface area contributed by atoms with Gasteiger partial charge >= 0.3 is 0 Å². The van der Waals surface area contributed by atoms with Gasteiger partial charge in [0.25, 0.3) is 0 Å². The van der Waals surface area contributed by atoms with E-state index in [2.05, 4.69) is 0 Å². The van der Waals surface area contributed by atoms with Gasteiger partial charge < -0.3 is 9.47 Å². The highest BCUT2D eigenvalue weighted by atomic mass is 16.6. The third kappa shape index (κ3) is 5.08. The van der Waals surface area contributed by atoms with E-state index in [4.69, 9.17) is 20.2 Å². The Labute approximate surface area is 147 Å². The van der Waals surface area contributed by atoms with Crippen molar-refractivity contribution in [1.82, 2.24) is 0 Å². The molecule has 0 atom stereocenters. The van der Waals surface area contributed by atoms with Crippen LogP contribution in [0.2, 0.25) is 0 Å². The van der Waals surface area contributed by atoms with E-state index in [-0.39, 0.29) is 0 Å². The first-order valence-corrected chi connectivity index (χ1v) is 8.13. The Kier molecular flexibility index (Phi) is 6.04. The Bertz CT molecular complexity index is 776. The summed E-state index contributed by atoms with van der Waals surface area (Å²) >= 11 is 0. The number of nitrogens with two attached hydrogens (primary N) is 1. The number of hydrogen-bond acceptors (Lipinski definition) is 4. The van der Waals surface area contributed by atoms with Crippen LogP contribution in [0, 0.1) is 0 Å². The topological polar surface area (TPSA) is 53.7 Å². The number of ether oxygens (including phenoxy) is 2. The predicted molar refractivity (Wildman–Crippen MR) is 97.0 cm³/mol. The normalized spacial score (nSPS) is 10.4. The summed E-state index contributed by atoms with van der Waals surface area (Å²) < 4.78 is 11.9. The fourth-order valence-electron chi connectivity index (χ4n) is 2.44. The molecule has 0 fully saturated rings. The lowest BCUT2D eigenvalue weighted by molar-refractivity contribution is 0.123. The van der Waals surface area contributed by atoms with Crippen LogP contribution in [-0.4, -0.2) is 0 Å². The van der Waals surface area contributed by atoms with E-state index in [0.717, 1.165) is 16.7 Å². The molecule has 3 aromatic carbocycles. The SMILES string of the molecule is NOCc1ccc(OCc2ccccc2)c(OCc2ccccc2)c1. The molecule has 25 heavy (non-hydrogen) atoms. The zero-order chi connectivity index (χ0) is 17.3. The maximum absolute atomic E-state index is 5.98. The van der Waals surface area contributed by atoms with E-state index in [1.165, 1.54) is 0 Å². The Morgan fingerprint density at radius 2 is 1.12 bits per heavy atom. The molecule has 0 aliphatic rings. The Morgan fingerprint density at radius 3 is 1.68 bits per heavy atom. The molecular formula is C21H21NO3. The molecule has 0 aromatic heterocycles. The van der Waals surface area contributed by atoms with E-state index in [1.807, 2.05) is 78.9 Å². The zero-order valence-electron chi connectivity index (χ0n) is 13.9. The van der Waals surface area contributed by atoms with Crippen LogP contribution < -0.4 is 15.4 Å². The molecule has 3 rings (SSSR count). The highest BCUT2D eigenvalue weighted by Crippen LogP contribution is 2.30. The van der Waals surface area contributed by atoms with Crippen LogP contribution in [0.4, 0.5) is 0 Å². The van der Waals surface area contributed by atoms with Crippen molar-refractivity contribution >= 4 is 0 Å². The van der Waals surface area contributed by atoms with Gasteiger partial charge in [0, 0.05) is 0 Å². The highest BCUT2D eigenvalue weighted by Gasteiger charge is 2.08. The quantitative estimate of drug-likeness (QED) is 0.626. The number of hydrogen-bond donors (Lipinski definition) is 1. The summed E-state index contributed by atoms with van der Waals surface area (Å²) in [6, 6.07) is 25.7. The minimum Gasteiger partial charge on any atom is -0.485 e. The van der Waals surface area contributed by atoms with Crippen LogP contribution >= 0.6 is 0 Å². The minimum atomic E-state index is 0.320. The summed E-state index contributed by atoms with van der Waals surface area (Å²) in [5, 5.41) is 0. The van der Waals surface area contributed by atoms with Crippen molar-refractivity contribution in [1.29, 1.82) is 0 Å². The second kappa shape index (κ2) is 8.87. The van der Waals surface area contributed by atoms with Crippen LogP contribution in [0.1, 0.15) is 16.7 Å². The van der Waals surface area contributed by atoms with Gasteiger partial charge in [-0.15, -0.1) is 0 Å². The van der Waals surface area contributed by atoms with Crippen molar-refractivity contribution in [2.24, 2.45) is 5.90 Å². The zero-order valence-corrected chi connectivity index (χ0v) is 13.9. The van der Waals surface area contributed by atoms with E-state index in [0.29, 0.717) is 31.3 Å². The van der Waals surface area contributed by atoms with Crippen LogP contribution in [0.3, 0.4) is 0 Å². The minimum absolute atomic E-state index is 0.320. The smallest absolute Gasteiger partial charge is 0.162 e. The standard InChI is InChI=1S/C21H21NO3/c22-25-16-19-11-12-20(23-14-17-7-3-1-4-8-17)21(13-19)24-15-18-9-5-2-6-10-18/h1-13H,14-16,22H2. The first-order chi connectivity index (χ1) is 12.3. The second-order valence-corrected chi connectivity index (χ2v) is 5.64. The van der Waals surface area contributed by atoms with Crippen LogP contribution in [0.15, 0.2) is 78.9 Å². The van der Waals surface area contributed by atoms with Gasteiger partial charge in [-0.1, -0.05) is 66.7 Å². The summed E-state index contributed by atoms with van der Waals surface area (Å²) in [5.41, 5.74) is 3.13. The van der Waals surface area contributed by atoms with Gasteiger partial charge in [-0.25, -0.2) is 5.90 Å². The number of rotatable bonds is 8. The fourth-order valence-corrected chi connectivity index (χ4v) is 2.44. The van der Waals surface area contributed by atoms with E-state index in [9.17, 15) is 0 Å². The molecule has 2 N–H and O–H groups in total. The predicted octanol–water partition coefficient (Wildman–Crippen LogP) is 4.23. The highest BCUT2D eigenvalue weighted by molar-refractivity contribution is 5.43. The molecule has 0 saturated heterocycles. The molecule has 0 saturated carbocycles. The van der Waals surface area contributed by atoms with Gasteiger partial charge in [-0.05, 0) is 28.8 Å². The third-order valence-electron chi connectivity index (χ3n) is 3.73. The average molecular weight is 335 g/mol. The van der Waals surface area contributed by atoms with Crippen molar-refractivity contribution in [3.8, 4) is 11.5 Å². The third-order valence-corrected chi connectivity index (χ3v) is 3.73. The maximum atomic E-state index is 5.98. The molecule has 4 nitrogen and oxygen atoms in total. The molecule has 0 bridgehead atoms. The van der Waals surface area contributed by atoms with Crippen LogP contribution in [-0.2, 0) is 24.7 Å². The fraction of sp³-hybridized carbons (Fsp3) is 0.143. The van der Waals surface area contributed by atoms with Crippen LogP contribution in [0.5, 0.6) is 11.5 Å². The lowest BCUT2D eigenvalue weighted by Crippen LogP contribution is -2.03. The summed E-state index contributed by atoms with van der Waals surface area (Å²) in [4.78, 5) is 4.72. The first kappa shape index (κ1) is 17.0. The van der Waals surface area contributed by atoms with Gasteiger partial charge in [-0.3, -0.25) is 4.84 Å². The number of benzene rings is 3. The molecular weight excluding hydrogens is 314 g/mol. The van der Waals surface area contributed by atoms with Crippen molar-refractivity contribution in [3.05, 3.63) is 95.6 Å². The molecule has 0 radical (unpaired) electrons. The average Bonchev–Trinajstić information content (AvgIpc) is 2.67. The molecule has 0 aliphatic heterocycles. The van der Waals surface area contributed by atoms with Gasteiger partial charge in [-0.2, -0.15) is 0 Å². The maximum Gasteiger partial charge on any atom is 0.162 e. The lowest BCUT2D eigenvalue weighted by Gasteiger charge is -2.14. The molecule has 4 heteroatoms. The molecule has 0 amide bonds. The Hall–Kier alpha value is -2.82.